The molecule has 0 aliphatic carbocycles. The van der Waals surface area contributed by atoms with Crippen LogP contribution in [0.25, 0.3) is 0 Å². The molecule has 2 N–H and O–H groups in total. The standard InChI is InChI=1S/C16H19N3O4S/c1-11-3-4-15(23-2)14(7-11)19-16(20)12(8-17)9-18-13-5-6-24(21,22)10-13/h3-4,7,9,13,18H,5-6,10H2,1-2H3,(H,19,20)/b12-9-. The molecule has 1 aliphatic heterocycles. The number of anilines is 1. The number of carbonyl (C=O) groups is 1. The van der Waals surface area contributed by atoms with Gasteiger partial charge in [0.15, 0.2) is 9.84 Å². The smallest absolute Gasteiger partial charge is 0.267 e. The zero-order chi connectivity index (χ0) is 17.7. The van der Waals surface area contributed by atoms with Crippen molar-refractivity contribution in [3.8, 4) is 11.8 Å². The summed E-state index contributed by atoms with van der Waals surface area (Å²) in [6.07, 6.45) is 1.73. The molecule has 0 spiro atoms. The second-order valence-electron chi connectivity index (χ2n) is 5.59. The molecule has 24 heavy (non-hydrogen) atoms. The Morgan fingerprint density at radius 3 is 2.79 bits per heavy atom. The number of amides is 1. The maximum Gasteiger partial charge on any atom is 0.267 e. The Kier molecular flexibility index (Phi) is 5.46. The van der Waals surface area contributed by atoms with E-state index < -0.39 is 15.7 Å². The summed E-state index contributed by atoms with van der Waals surface area (Å²) in [4.78, 5) is 12.2. The minimum absolute atomic E-state index is 0.00945. The number of sulfone groups is 1. The first kappa shape index (κ1) is 17.8. The Labute approximate surface area is 141 Å². The number of methoxy groups -OCH3 is 1. The molecule has 1 amide bonds. The molecule has 0 aromatic heterocycles. The number of benzene rings is 1. The Morgan fingerprint density at radius 2 is 2.21 bits per heavy atom. The highest BCUT2D eigenvalue weighted by molar-refractivity contribution is 7.91. The molecule has 0 saturated carbocycles. The summed E-state index contributed by atoms with van der Waals surface area (Å²) in [6.45, 7) is 1.87. The number of aryl methyl sites for hydroxylation is 1. The van der Waals surface area contributed by atoms with E-state index in [1.165, 1.54) is 13.3 Å². The van der Waals surface area contributed by atoms with Gasteiger partial charge in [-0.05, 0) is 31.0 Å². The van der Waals surface area contributed by atoms with Gasteiger partial charge >= 0.3 is 0 Å². The summed E-state index contributed by atoms with van der Waals surface area (Å²) in [6, 6.07) is 6.85. The van der Waals surface area contributed by atoms with Gasteiger partial charge in [0.25, 0.3) is 5.91 Å². The average molecular weight is 349 g/mol. The number of hydrogen-bond acceptors (Lipinski definition) is 6. The van der Waals surface area contributed by atoms with Crippen LogP contribution in [0.5, 0.6) is 5.75 Å². The molecule has 1 heterocycles. The minimum Gasteiger partial charge on any atom is -0.495 e. The van der Waals surface area contributed by atoms with Crippen LogP contribution < -0.4 is 15.4 Å². The predicted molar refractivity (Wildman–Crippen MR) is 90.3 cm³/mol. The number of ether oxygens (including phenoxy) is 1. The molecule has 1 aromatic rings. The molecule has 0 bridgehead atoms. The highest BCUT2D eigenvalue weighted by Crippen LogP contribution is 2.25. The third-order valence-electron chi connectivity index (χ3n) is 3.66. The van der Waals surface area contributed by atoms with Crippen molar-refractivity contribution in [3.63, 3.8) is 0 Å². The topological polar surface area (TPSA) is 108 Å². The van der Waals surface area contributed by atoms with Crippen molar-refractivity contribution in [2.45, 2.75) is 19.4 Å². The van der Waals surface area contributed by atoms with Crippen molar-refractivity contribution in [3.05, 3.63) is 35.5 Å². The summed E-state index contributed by atoms with van der Waals surface area (Å²) in [5.41, 5.74) is 1.26. The molecule has 1 unspecified atom stereocenters. The van der Waals surface area contributed by atoms with Gasteiger partial charge in [0.05, 0.1) is 24.3 Å². The summed E-state index contributed by atoms with van der Waals surface area (Å²) in [5, 5.41) is 14.6. The lowest BCUT2D eigenvalue weighted by molar-refractivity contribution is -0.112. The molecule has 2 rings (SSSR count). The fourth-order valence-corrected chi connectivity index (χ4v) is 4.07. The molecular weight excluding hydrogens is 330 g/mol. The van der Waals surface area contributed by atoms with Crippen LogP contribution in [-0.2, 0) is 14.6 Å². The Hall–Kier alpha value is -2.53. The molecule has 8 heteroatoms. The first-order valence-corrected chi connectivity index (χ1v) is 9.19. The maximum atomic E-state index is 12.2. The lowest BCUT2D eigenvalue weighted by Crippen LogP contribution is -2.27. The van der Waals surface area contributed by atoms with Gasteiger partial charge in [0.2, 0.25) is 0 Å². The number of nitrogens with zero attached hydrogens (tertiary/aromatic N) is 1. The van der Waals surface area contributed by atoms with Crippen molar-refractivity contribution in [1.82, 2.24) is 5.32 Å². The van der Waals surface area contributed by atoms with Crippen LogP contribution in [0.2, 0.25) is 0 Å². The lowest BCUT2D eigenvalue weighted by atomic mass is 10.2. The molecular formula is C16H19N3O4S. The van der Waals surface area contributed by atoms with Crippen LogP contribution in [0, 0.1) is 18.3 Å². The SMILES string of the molecule is COc1ccc(C)cc1NC(=O)/C(C#N)=C\NC1CCS(=O)(=O)C1. The lowest BCUT2D eigenvalue weighted by Gasteiger charge is -2.11. The van der Waals surface area contributed by atoms with Gasteiger partial charge in [0.1, 0.15) is 17.4 Å². The maximum absolute atomic E-state index is 12.2. The van der Waals surface area contributed by atoms with Crippen LogP contribution >= 0.6 is 0 Å². The van der Waals surface area contributed by atoms with Crippen LogP contribution in [0.4, 0.5) is 5.69 Å². The monoisotopic (exact) mass is 349 g/mol. The molecule has 1 aliphatic rings. The third kappa shape index (κ3) is 4.49. The first-order valence-electron chi connectivity index (χ1n) is 7.37. The highest BCUT2D eigenvalue weighted by atomic mass is 32.2. The number of carbonyl (C=O) groups excluding carboxylic acids is 1. The largest absolute Gasteiger partial charge is 0.495 e. The predicted octanol–water partition coefficient (Wildman–Crippen LogP) is 1.13. The molecule has 1 saturated heterocycles. The van der Waals surface area contributed by atoms with Gasteiger partial charge in [-0.1, -0.05) is 6.07 Å². The fraction of sp³-hybridized carbons (Fsp3) is 0.375. The van der Waals surface area contributed by atoms with E-state index in [1.54, 1.807) is 12.1 Å². The van der Waals surface area contributed by atoms with E-state index in [-0.39, 0.29) is 23.1 Å². The van der Waals surface area contributed by atoms with Crippen LogP contribution in [0.15, 0.2) is 30.0 Å². The van der Waals surface area contributed by atoms with E-state index in [0.29, 0.717) is 17.9 Å². The van der Waals surface area contributed by atoms with Crippen LogP contribution in [0.3, 0.4) is 0 Å². The molecule has 1 fully saturated rings. The summed E-state index contributed by atoms with van der Waals surface area (Å²) in [5.74, 6) is 0.0265. The number of hydrogen-bond donors (Lipinski definition) is 2. The van der Waals surface area contributed by atoms with Gasteiger partial charge in [-0.3, -0.25) is 4.79 Å². The van der Waals surface area contributed by atoms with Gasteiger partial charge in [-0.15, -0.1) is 0 Å². The zero-order valence-corrected chi connectivity index (χ0v) is 14.3. The van der Waals surface area contributed by atoms with E-state index >= 15 is 0 Å². The molecule has 1 aromatic carbocycles. The van der Waals surface area contributed by atoms with E-state index in [9.17, 15) is 13.2 Å². The van der Waals surface area contributed by atoms with Gasteiger partial charge < -0.3 is 15.4 Å². The summed E-state index contributed by atoms with van der Waals surface area (Å²) in [7, 11) is -1.53. The number of rotatable bonds is 5. The second-order valence-corrected chi connectivity index (χ2v) is 7.82. The quantitative estimate of drug-likeness (QED) is 0.609. The third-order valence-corrected chi connectivity index (χ3v) is 5.43. The van der Waals surface area contributed by atoms with Gasteiger partial charge in [-0.25, -0.2) is 8.42 Å². The summed E-state index contributed by atoms with van der Waals surface area (Å²) < 4.78 is 28.0. The van der Waals surface area contributed by atoms with Crippen LogP contribution in [-0.4, -0.2) is 39.0 Å². The number of nitrogens with one attached hydrogen (secondary N) is 2. The van der Waals surface area contributed by atoms with E-state index in [4.69, 9.17) is 10.00 Å². The van der Waals surface area contributed by atoms with Gasteiger partial charge in [0, 0.05) is 12.2 Å². The Bertz CT molecular complexity index is 809. The summed E-state index contributed by atoms with van der Waals surface area (Å²) >= 11 is 0. The molecule has 0 radical (unpaired) electrons. The average Bonchev–Trinajstić information content (AvgIpc) is 2.87. The van der Waals surface area contributed by atoms with Crippen LogP contribution in [0.1, 0.15) is 12.0 Å². The minimum atomic E-state index is -3.02. The number of nitriles is 1. The van der Waals surface area contributed by atoms with Crippen molar-refractivity contribution < 1.29 is 17.9 Å². The van der Waals surface area contributed by atoms with Crippen molar-refractivity contribution in [1.29, 1.82) is 5.26 Å². The van der Waals surface area contributed by atoms with Crippen molar-refractivity contribution in [2.75, 3.05) is 23.9 Å². The first-order chi connectivity index (χ1) is 11.3. The molecule has 7 nitrogen and oxygen atoms in total. The second kappa shape index (κ2) is 7.36. The Morgan fingerprint density at radius 1 is 1.46 bits per heavy atom. The normalized spacial score (nSPS) is 19.4. The van der Waals surface area contributed by atoms with Crippen molar-refractivity contribution in [2.24, 2.45) is 0 Å². The molecule has 1 atom stereocenters. The molecule has 128 valence electrons. The van der Waals surface area contributed by atoms with E-state index in [2.05, 4.69) is 10.6 Å². The fourth-order valence-electron chi connectivity index (χ4n) is 2.39. The Balaban J connectivity index is 2.08. The zero-order valence-electron chi connectivity index (χ0n) is 13.5. The van der Waals surface area contributed by atoms with Gasteiger partial charge in [-0.2, -0.15) is 5.26 Å². The van der Waals surface area contributed by atoms with E-state index in [1.807, 2.05) is 19.1 Å². The van der Waals surface area contributed by atoms with Crippen molar-refractivity contribution >= 4 is 21.4 Å². The highest BCUT2D eigenvalue weighted by Gasteiger charge is 2.27. The van der Waals surface area contributed by atoms with E-state index in [0.717, 1.165) is 5.56 Å².